The van der Waals surface area contributed by atoms with Crippen molar-refractivity contribution in [2.75, 3.05) is 13.2 Å². The van der Waals surface area contributed by atoms with Gasteiger partial charge in [0.25, 0.3) is 0 Å². The van der Waals surface area contributed by atoms with Crippen LogP contribution in [0, 0.1) is 0 Å². The smallest absolute Gasteiger partial charge is 0.304 e. The molecule has 0 amide bonds. The van der Waals surface area contributed by atoms with Crippen LogP contribution >= 0.6 is 0 Å². The van der Waals surface area contributed by atoms with Crippen molar-refractivity contribution < 1.29 is 28.5 Å². The lowest BCUT2D eigenvalue weighted by Gasteiger charge is -2.13. The summed E-state index contributed by atoms with van der Waals surface area (Å²) in [5.74, 6) is -0.643. The van der Waals surface area contributed by atoms with Crippen molar-refractivity contribution in [1.82, 2.24) is 0 Å². The van der Waals surface area contributed by atoms with Crippen LogP contribution < -0.4 is 0 Å². The monoisotopic (exact) mass is 318 g/mol. The van der Waals surface area contributed by atoms with Gasteiger partial charge in [-0.3, -0.25) is 9.59 Å². The third-order valence-corrected chi connectivity index (χ3v) is 2.91. The zero-order chi connectivity index (χ0) is 16.8. The Morgan fingerprint density at radius 3 is 1.32 bits per heavy atom. The van der Waals surface area contributed by atoms with Crippen LogP contribution in [0.15, 0.2) is 0 Å². The van der Waals surface area contributed by atoms with Crippen LogP contribution in [-0.2, 0) is 28.5 Å². The van der Waals surface area contributed by atoms with E-state index in [2.05, 4.69) is 0 Å². The molecule has 0 spiro atoms. The Morgan fingerprint density at radius 1 is 0.682 bits per heavy atom. The highest BCUT2D eigenvalue weighted by Crippen LogP contribution is 2.07. The van der Waals surface area contributed by atoms with Crippen LogP contribution in [0.25, 0.3) is 0 Å². The Labute approximate surface area is 133 Å². The highest BCUT2D eigenvalue weighted by molar-refractivity contribution is 5.66. The summed E-state index contributed by atoms with van der Waals surface area (Å²) in [7, 11) is 0. The second kappa shape index (κ2) is 13.5. The van der Waals surface area contributed by atoms with Crippen LogP contribution in [0.1, 0.15) is 66.2 Å². The van der Waals surface area contributed by atoms with Gasteiger partial charge in [0.15, 0.2) is 12.6 Å². The molecule has 0 heterocycles. The maximum Gasteiger partial charge on any atom is 0.304 e. The van der Waals surface area contributed by atoms with Crippen LogP contribution in [0.3, 0.4) is 0 Å². The number of rotatable bonds is 13. The third-order valence-electron chi connectivity index (χ3n) is 2.91. The molecule has 6 nitrogen and oxygen atoms in total. The molecule has 0 aromatic carbocycles. The van der Waals surface area contributed by atoms with E-state index in [0.29, 0.717) is 13.2 Å². The van der Waals surface area contributed by atoms with Crippen LogP contribution in [0.5, 0.6) is 0 Å². The minimum atomic E-state index is -0.464. The van der Waals surface area contributed by atoms with Gasteiger partial charge in [-0.05, 0) is 26.7 Å². The average Bonchev–Trinajstić information content (AvgIpc) is 2.39. The summed E-state index contributed by atoms with van der Waals surface area (Å²) < 4.78 is 20.4. The number of unbranched alkanes of at least 4 members (excludes halogenated alkanes) is 5. The van der Waals surface area contributed by atoms with Crippen molar-refractivity contribution in [3.63, 3.8) is 0 Å². The lowest BCUT2D eigenvalue weighted by molar-refractivity contribution is -0.173. The molecule has 0 fully saturated rings. The Hall–Kier alpha value is -1.14. The van der Waals surface area contributed by atoms with Gasteiger partial charge in [0.2, 0.25) is 0 Å². The number of ether oxygens (including phenoxy) is 4. The Morgan fingerprint density at radius 2 is 1.00 bits per heavy atom. The predicted octanol–water partition coefficient (Wildman–Crippen LogP) is 3.18. The number of esters is 2. The second-order valence-corrected chi connectivity index (χ2v) is 5.22. The largest absolute Gasteiger partial charge is 0.436 e. The van der Waals surface area contributed by atoms with Gasteiger partial charge in [-0.25, -0.2) is 0 Å². The van der Waals surface area contributed by atoms with E-state index in [9.17, 15) is 9.59 Å². The number of hydrogen-bond donors (Lipinski definition) is 0. The molecule has 6 heteroatoms. The van der Waals surface area contributed by atoms with E-state index >= 15 is 0 Å². The maximum absolute atomic E-state index is 10.7. The summed E-state index contributed by atoms with van der Waals surface area (Å²) in [5, 5.41) is 0. The first-order chi connectivity index (χ1) is 10.4. The number of carbonyl (C=O) groups excluding carboxylic acids is 2. The highest BCUT2D eigenvalue weighted by Gasteiger charge is 2.05. The highest BCUT2D eigenvalue weighted by atomic mass is 16.7. The molecular weight excluding hydrogens is 288 g/mol. The van der Waals surface area contributed by atoms with Gasteiger partial charge in [0.1, 0.15) is 0 Å². The minimum Gasteiger partial charge on any atom is -0.436 e. The molecular formula is C16H30O6. The molecule has 0 aliphatic rings. The fourth-order valence-electron chi connectivity index (χ4n) is 1.95. The molecule has 0 N–H and O–H groups in total. The summed E-state index contributed by atoms with van der Waals surface area (Å²) >= 11 is 0. The first-order valence-corrected chi connectivity index (χ1v) is 7.99. The van der Waals surface area contributed by atoms with Crippen molar-refractivity contribution in [2.45, 2.75) is 78.8 Å². The maximum atomic E-state index is 10.7. The van der Waals surface area contributed by atoms with Crippen molar-refractivity contribution >= 4 is 11.9 Å². The number of hydrogen-bond acceptors (Lipinski definition) is 6. The Balaban J connectivity index is 3.24. The van der Waals surface area contributed by atoms with E-state index in [4.69, 9.17) is 18.9 Å². The van der Waals surface area contributed by atoms with Gasteiger partial charge in [-0.15, -0.1) is 0 Å². The van der Waals surface area contributed by atoms with Gasteiger partial charge in [-0.2, -0.15) is 0 Å². The molecule has 0 aromatic heterocycles. The molecule has 130 valence electrons. The van der Waals surface area contributed by atoms with Crippen molar-refractivity contribution in [1.29, 1.82) is 0 Å². The zero-order valence-corrected chi connectivity index (χ0v) is 14.3. The van der Waals surface area contributed by atoms with Gasteiger partial charge < -0.3 is 18.9 Å². The van der Waals surface area contributed by atoms with E-state index in [1.807, 2.05) is 0 Å². The van der Waals surface area contributed by atoms with Crippen LogP contribution in [-0.4, -0.2) is 37.7 Å². The zero-order valence-electron chi connectivity index (χ0n) is 14.3. The summed E-state index contributed by atoms with van der Waals surface area (Å²) in [6, 6.07) is 0. The fourth-order valence-corrected chi connectivity index (χ4v) is 1.95. The first kappa shape index (κ1) is 20.9. The molecule has 0 aromatic rings. The van der Waals surface area contributed by atoms with Crippen molar-refractivity contribution in [2.24, 2.45) is 0 Å². The van der Waals surface area contributed by atoms with E-state index in [0.717, 1.165) is 38.5 Å². The van der Waals surface area contributed by atoms with E-state index in [1.165, 1.54) is 13.8 Å². The van der Waals surface area contributed by atoms with Gasteiger partial charge in [0, 0.05) is 13.8 Å². The summed E-state index contributed by atoms with van der Waals surface area (Å²) in [4.78, 5) is 21.3. The predicted molar refractivity (Wildman–Crippen MR) is 82.1 cm³/mol. The summed E-state index contributed by atoms with van der Waals surface area (Å²) in [6.07, 6.45) is 5.48. The normalized spacial score (nSPS) is 13.5. The van der Waals surface area contributed by atoms with E-state index in [1.54, 1.807) is 13.8 Å². The summed E-state index contributed by atoms with van der Waals surface area (Å²) in [5.41, 5.74) is 0. The molecule has 2 atom stereocenters. The average molecular weight is 318 g/mol. The molecule has 0 rings (SSSR count). The molecule has 0 saturated heterocycles. The quantitative estimate of drug-likeness (QED) is 0.295. The Kier molecular flexibility index (Phi) is 12.8. The molecule has 0 radical (unpaired) electrons. The van der Waals surface area contributed by atoms with Crippen molar-refractivity contribution in [3.8, 4) is 0 Å². The SMILES string of the molecule is CC(=O)OC(C)OCCCCCCCCOC(C)OC(C)=O. The molecule has 0 aliphatic heterocycles. The molecule has 0 aliphatic carbocycles. The minimum absolute atomic E-state index is 0.322. The van der Waals surface area contributed by atoms with Gasteiger partial charge in [-0.1, -0.05) is 25.7 Å². The molecule has 0 bridgehead atoms. The van der Waals surface area contributed by atoms with Crippen molar-refractivity contribution in [3.05, 3.63) is 0 Å². The van der Waals surface area contributed by atoms with E-state index < -0.39 is 12.6 Å². The van der Waals surface area contributed by atoms with Gasteiger partial charge >= 0.3 is 11.9 Å². The summed E-state index contributed by atoms with van der Waals surface area (Å²) in [6.45, 7) is 7.40. The first-order valence-electron chi connectivity index (χ1n) is 7.99. The van der Waals surface area contributed by atoms with Gasteiger partial charge in [0.05, 0.1) is 13.2 Å². The van der Waals surface area contributed by atoms with E-state index in [-0.39, 0.29) is 11.9 Å². The van der Waals surface area contributed by atoms with Crippen LogP contribution in [0.4, 0.5) is 0 Å². The topological polar surface area (TPSA) is 71.1 Å². The lowest BCUT2D eigenvalue weighted by atomic mass is 10.1. The Bertz CT molecular complexity index is 275. The molecule has 2 unspecified atom stereocenters. The third kappa shape index (κ3) is 15.3. The molecule has 22 heavy (non-hydrogen) atoms. The number of carbonyl (C=O) groups is 2. The fraction of sp³-hybridized carbons (Fsp3) is 0.875. The molecule has 0 saturated carbocycles. The standard InChI is InChI=1S/C16H30O6/c1-13(17)21-15(3)19-11-9-7-5-6-8-10-12-20-16(4)22-14(2)18/h15-16H,5-12H2,1-4H3. The van der Waals surface area contributed by atoms with Crippen LogP contribution in [0.2, 0.25) is 0 Å². The lowest BCUT2D eigenvalue weighted by Crippen LogP contribution is -2.16. The second-order valence-electron chi connectivity index (χ2n) is 5.22.